The van der Waals surface area contributed by atoms with E-state index in [0.717, 1.165) is 0 Å². The number of carbonyl (C=O) groups is 1. The molecule has 0 unspecified atom stereocenters. The van der Waals surface area contributed by atoms with Crippen molar-refractivity contribution < 1.29 is 4.79 Å². The van der Waals surface area contributed by atoms with Gasteiger partial charge in [-0.05, 0) is 6.92 Å². The molecule has 1 rings (SSSR count). The number of anilines is 2. The lowest BCUT2D eigenvalue weighted by Crippen LogP contribution is -2.25. The van der Waals surface area contributed by atoms with E-state index < -0.39 is 0 Å². The van der Waals surface area contributed by atoms with Gasteiger partial charge < -0.3 is 16.4 Å². The van der Waals surface area contributed by atoms with Crippen molar-refractivity contribution in [3.8, 4) is 0 Å². The van der Waals surface area contributed by atoms with E-state index in [-0.39, 0.29) is 11.3 Å². The fourth-order valence-corrected chi connectivity index (χ4v) is 1.48. The zero-order valence-electron chi connectivity index (χ0n) is 12.1. The van der Waals surface area contributed by atoms with Crippen LogP contribution in [0.25, 0.3) is 0 Å². The van der Waals surface area contributed by atoms with Crippen LogP contribution in [0.4, 0.5) is 11.6 Å². The maximum absolute atomic E-state index is 11.3. The second-order valence-corrected chi connectivity index (χ2v) is 5.38. The lowest BCUT2D eigenvalue weighted by Gasteiger charge is -2.18. The van der Waals surface area contributed by atoms with E-state index in [9.17, 15) is 4.79 Å². The summed E-state index contributed by atoms with van der Waals surface area (Å²) < 4.78 is 0. The fourth-order valence-electron chi connectivity index (χ4n) is 1.48. The first-order valence-corrected chi connectivity index (χ1v) is 6.48. The van der Waals surface area contributed by atoms with Crippen LogP contribution in [0.1, 0.15) is 39.9 Å². The third-order valence-corrected chi connectivity index (χ3v) is 2.45. The predicted molar refractivity (Wildman–Crippen MR) is 76.9 cm³/mol. The molecule has 19 heavy (non-hydrogen) atoms. The number of hydrogen-bond donors (Lipinski definition) is 3. The second kappa shape index (κ2) is 6.36. The Kier molecular flexibility index (Phi) is 5.09. The van der Waals surface area contributed by atoms with Crippen molar-refractivity contribution >= 4 is 17.5 Å². The van der Waals surface area contributed by atoms with Crippen molar-refractivity contribution in [3.05, 3.63) is 11.9 Å². The Morgan fingerprint density at radius 3 is 2.63 bits per heavy atom. The van der Waals surface area contributed by atoms with Gasteiger partial charge in [-0.15, -0.1) is 0 Å². The van der Waals surface area contributed by atoms with Crippen LogP contribution in [0, 0.1) is 0 Å². The van der Waals surface area contributed by atoms with E-state index in [0.29, 0.717) is 37.0 Å². The fraction of sp³-hybridized carbons (Fsp3) is 0.615. The molecule has 0 saturated carbocycles. The van der Waals surface area contributed by atoms with Crippen LogP contribution in [0.15, 0.2) is 6.07 Å². The highest BCUT2D eigenvalue weighted by atomic mass is 16.1. The Labute approximate surface area is 114 Å². The summed E-state index contributed by atoms with van der Waals surface area (Å²) >= 11 is 0. The maximum atomic E-state index is 11.3. The predicted octanol–water partition coefficient (Wildman–Crippen LogP) is 1.29. The van der Waals surface area contributed by atoms with Crippen LogP contribution < -0.4 is 16.4 Å². The van der Waals surface area contributed by atoms with E-state index in [4.69, 9.17) is 5.73 Å². The average Bonchev–Trinajstić information content (AvgIpc) is 2.27. The molecule has 0 aliphatic heterocycles. The minimum absolute atomic E-state index is 0.0214. The molecule has 1 aromatic rings. The van der Waals surface area contributed by atoms with Crippen LogP contribution in [0.5, 0.6) is 0 Å². The molecule has 0 aliphatic rings. The zero-order chi connectivity index (χ0) is 14.5. The number of nitrogens with one attached hydrogen (secondary N) is 2. The molecule has 6 heteroatoms. The first-order valence-electron chi connectivity index (χ1n) is 6.48. The molecule has 0 saturated heterocycles. The molecule has 6 nitrogen and oxygen atoms in total. The van der Waals surface area contributed by atoms with Crippen molar-refractivity contribution in [2.45, 2.75) is 39.5 Å². The number of aromatic nitrogens is 2. The molecule has 106 valence electrons. The van der Waals surface area contributed by atoms with Gasteiger partial charge in [0.05, 0.1) is 0 Å². The van der Waals surface area contributed by atoms with Crippen molar-refractivity contribution in [1.82, 2.24) is 15.3 Å². The van der Waals surface area contributed by atoms with Crippen LogP contribution in [0.2, 0.25) is 0 Å². The first kappa shape index (κ1) is 15.2. The van der Waals surface area contributed by atoms with Crippen LogP contribution in [-0.4, -0.2) is 29.0 Å². The second-order valence-electron chi connectivity index (χ2n) is 5.38. The molecular weight excluding hydrogens is 242 g/mol. The quantitative estimate of drug-likeness (QED) is 0.746. The standard InChI is InChI=1S/C13H23N5O/c1-5-15-11(19)6-7-16-10-8-9(14)17-12(18-10)13(2,3)4/h8H,5-7H2,1-4H3,(H,15,19)(H3,14,16,17,18). The number of carbonyl (C=O) groups excluding carboxylic acids is 1. The van der Waals surface area contributed by atoms with Gasteiger partial charge in [-0.3, -0.25) is 4.79 Å². The Morgan fingerprint density at radius 1 is 1.37 bits per heavy atom. The Bertz CT molecular complexity index is 439. The molecule has 0 fully saturated rings. The SMILES string of the molecule is CCNC(=O)CCNc1cc(N)nc(C(C)(C)C)n1. The van der Waals surface area contributed by atoms with Crippen molar-refractivity contribution in [2.75, 3.05) is 24.1 Å². The summed E-state index contributed by atoms with van der Waals surface area (Å²) in [5.74, 6) is 1.79. The summed E-state index contributed by atoms with van der Waals surface area (Å²) in [5, 5.41) is 5.84. The van der Waals surface area contributed by atoms with Gasteiger partial charge in [0.15, 0.2) is 0 Å². The zero-order valence-corrected chi connectivity index (χ0v) is 12.1. The highest BCUT2D eigenvalue weighted by Crippen LogP contribution is 2.21. The Morgan fingerprint density at radius 2 is 2.05 bits per heavy atom. The highest BCUT2D eigenvalue weighted by Gasteiger charge is 2.18. The molecule has 4 N–H and O–H groups in total. The number of hydrogen-bond acceptors (Lipinski definition) is 5. The normalized spacial score (nSPS) is 11.2. The number of nitrogen functional groups attached to an aromatic ring is 1. The largest absolute Gasteiger partial charge is 0.384 e. The number of nitrogens with two attached hydrogens (primary N) is 1. The van der Waals surface area contributed by atoms with E-state index in [2.05, 4.69) is 20.6 Å². The van der Waals surface area contributed by atoms with Crippen molar-refractivity contribution in [1.29, 1.82) is 0 Å². The smallest absolute Gasteiger partial charge is 0.221 e. The summed E-state index contributed by atoms with van der Waals surface area (Å²) in [6.07, 6.45) is 0.405. The van der Waals surface area contributed by atoms with Crippen molar-refractivity contribution in [2.24, 2.45) is 0 Å². The summed E-state index contributed by atoms with van der Waals surface area (Å²) in [6, 6.07) is 1.67. The lowest BCUT2D eigenvalue weighted by atomic mass is 9.96. The van der Waals surface area contributed by atoms with Crippen LogP contribution in [-0.2, 0) is 10.2 Å². The monoisotopic (exact) mass is 265 g/mol. The molecule has 0 bridgehead atoms. The summed E-state index contributed by atoms with van der Waals surface area (Å²) in [6.45, 7) is 9.14. The van der Waals surface area contributed by atoms with Crippen LogP contribution >= 0.6 is 0 Å². The first-order chi connectivity index (χ1) is 8.82. The Balaban J connectivity index is 2.64. The van der Waals surface area contributed by atoms with E-state index >= 15 is 0 Å². The van der Waals surface area contributed by atoms with Gasteiger partial charge in [0.1, 0.15) is 17.5 Å². The minimum atomic E-state index is -0.161. The summed E-state index contributed by atoms with van der Waals surface area (Å²) in [7, 11) is 0. The van der Waals surface area contributed by atoms with Gasteiger partial charge in [-0.2, -0.15) is 0 Å². The lowest BCUT2D eigenvalue weighted by molar-refractivity contribution is -0.120. The number of nitrogens with zero attached hydrogens (tertiary/aromatic N) is 2. The molecule has 0 aliphatic carbocycles. The molecular formula is C13H23N5O. The van der Waals surface area contributed by atoms with E-state index in [1.54, 1.807) is 6.07 Å². The summed E-state index contributed by atoms with van der Waals surface area (Å²) in [5.41, 5.74) is 5.60. The van der Waals surface area contributed by atoms with Crippen LogP contribution in [0.3, 0.4) is 0 Å². The molecule has 0 aromatic carbocycles. The molecule has 0 atom stereocenters. The average molecular weight is 265 g/mol. The van der Waals surface area contributed by atoms with E-state index in [1.165, 1.54) is 0 Å². The molecule has 1 amide bonds. The van der Waals surface area contributed by atoms with Crippen molar-refractivity contribution in [3.63, 3.8) is 0 Å². The summed E-state index contributed by atoms with van der Waals surface area (Å²) in [4.78, 5) is 20.0. The number of rotatable bonds is 5. The van der Waals surface area contributed by atoms with Gasteiger partial charge in [0.25, 0.3) is 0 Å². The third-order valence-electron chi connectivity index (χ3n) is 2.45. The van der Waals surface area contributed by atoms with Gasteiger partial charge >= 0.3 is 0 Å². The molecule has 0 spiro atoms. The Hall–Kier alpha value is -1.85. The van der Waals surface area contributed by atoms with Gasteiger partial charge in [0.2, 0.25) is 5.91 Å². The molecule has 1 aromatic heterocycles. The molecule has 0 radical (unpaired) electrons. The minimum Gasteiger partial charge on any atom is -0.384 e. The maximum Gasteiger partial charge on any atom is 0.221 e. The third kappa shape index (κ3) is 5.11. The van der Waals surface area contributed by atoms with E-state index in [1.807, 2.05) is 27.7 Å². The highest BCUT2D eigenvalue weighted by molar-refractivity contribution is 5.76. The molecule has 1 heterocycles. The van der Waals surface area contributed by atoms with Gasteiger partial charge in [-0.1, -0.05) is 20.8 Å². The van der Waals surface area contributed by atoms with Gasteiger partial charge in [-0.25, -0.2) is 9.97 Å². The van der Waals surface area contributed by atoms with Gasteiger partial charge in [0, 0.05) is 31.0 Å². The number of amides is 1. The topological polar surface area (TPSA) is 92.9 Å².